The monoisotopic (exact) mass is 187 g/mol. The van der Waals surface area contributed by atoms with Crippen molar-refractivity contribution in [3.8, 4) is 0 Å². The van der Waals surface area contributed by atoms with Crippen molar-refractivity contribution in [2.24, 2.45) is 0 Å². The van der Waals surface area contributed by atoms with Crippen LogP contribution in [0.25, 0.3) is 0 Å². The summed E-state index contributed by atoms with van der Waals surface area (Å²) in [6.07, 6.45) is 4.46. The summed E-state index contributed by atoms with van der Waals surface area (Å²) in [5.41, 5.74) is 0. The maximum absolute atomic E-state index is 8.89. The fourth-order valence-corrected chi connectivity index (χ4v) is 1.86. The van der Waals surface area contributed by atoms with Gasteiger partial charge in [-0.05, 0) is 25.7 Å². The van der Waals surface area contributed by atoms with E-state index < -0.39 is 0 Å². The average Bonchev–Trinajstić information content (AvgIpc) is 2.67. The highest BCUT2D eigenvalue weighted by Gasteiger charge is 2.30. The first-order valence-electron chi connectivity index (χ1n) is 5.06. The molecule has 2 atom stereocenters. The molecule has 2 rings (SSSR count). The molecule has 13 heavy (non-hydrogen) atoms. The summed E-state index contributed by atoms with van der Waals surface area (Å²) < 4.78 is 5.57. The first-order valence-corrected chi connectivity index (χ1v) is 5.06. The van der Waals surface area contributed by atoms with Gasteiger partial charge in [0.1, 0.15) is 12.3 Å². The van der Waals surface area contributed by atoms with Crippen molar-refractivity contribution in [1.29, 1.82) is 0 Å². The van der Waals surface area contributed by atoms with Gasteiger partial charge in [0, 0.05) is 13.2 Å². The molecule has 2 heterocycles. The predicted molar refractivity (Wildman–Crippen MR) is 46.9 cm³/mol. The maximum atomic E-state index is 8.89. The molecule has 2 unspecified atom stereocenters. The van der Waals surface area contributed by atoms with Gasteiger partial charge >= 0.3 is 0 Å². The lowest BCUT2D eigenvalue weighted by atomic mass is 10.2. The lowest BCUT2D eigenvalue weighted by Gasteiger charge is -2.29. The van der Waals surface area contributed by atoms with Crippen LogP contribution in [0.2, 0.25) is 0 Å². The molecule has 76 valence electrons. The smallest absolute Gasteiger partial charge is 0.133 e. The number of aliphatic hydroxyl groups is 1. The Morgan fingerprint density at radius 1 is 1.31 bits per heavy atom. The molecule has 2 fully saturated rings. The Bertz CT molecular complexity index is 159. The van der Waals surface area contributed by atoms with Crippen LogP contribution < -0.4 is 0 Å². The summed E-state index contributed by atoms with van der Waals surface area (Å²) >= 11 is 0. The van der Waals surface area contributed by atoms with Gasteiger partial charge in [-0.15, -0.1) is 0 Å². The molecule has 0 aromatic carbocycles. The molecule has 0 aromatic heterocycles. The second-order valence-electron chi connectivity index (χ2n) is 3.66. The zero-order valence-corrected chi connectivity index (χ0v) is 7.82. The highest BCUT2D eigenvalue weighted by atomic mass is 16.7. The zero-order valence-electron chi connectivity index (χ0n) is 7.82. The van der Waals surface area contributed by atoms with Crippen molar-refractivity contribution in [3.63, 3.8) is 0 Å². The van der Waals surface area contributed by atoms with E-state index in [1.165, 1.54) is 6.42 Å². The molecule has 2 aliphatic heterocycles. The molecule has 0 bridgehead atoms. The second-order valence-corrected chi connectivity index (χ2v) is 3.66. The first kappa shape index (κ1) is 9.40. The standard InChI is InChI=1S/C9H17NO3/c11-7-8-4-5-10(13-8)9-3-1-2-6-12-9/h8-9,11H,1-7H2. The fourth-order valence-electron chi connectivity index (χ4n) is 1.86. The van der Waals surface area contributed by atoms with E-state index in [9.17, 15) is 0 Å². The van der Waals surface area contributed by atoms with Crippen LogP contribution in [0.4, 0.5) is 0 Å². The quantitative estimate of drug-likeness (QED) is 0.684. The Morgan fingerprint density at radius 3 is 2.85 bits per heavy atom. The summed E-state index contributed by atoms with van der Waals surface area (Å²) in [6.45, 7) is 1.84. The van der Waals surface area contributed by atoms with Crippen LogP contribution in [0.5, 0.6) is 0 Å². The van der Waals surface area contributed by atoms with Crippen LogP contribution in [0.1, 0.15) is 25.7 Å². The van der Waals surface area contributed by atoms with Crippen LogP contribution in [0, 0.1) is 0 Å². The zero-order chi connectivity index (χ0) is 9.10. The van der Waals surface area contributed by atoms with Crippen molar-refractivity contribution in [3.05, 3.63) is 0 Å². The first-order chi connectivity index (χ1) is 6.40. The maximum Gasteiger partial charge on any atom is 0.133 e. The van der Waals surface area contributed by atoms with Crippen LogP contribution in [-0.4, -0.2) is 42.3 Å². The number of ether oxygens (including phenoxy) is 1. The minimum Gasteiger partial charge on any atom is -0.394 e. The van der Waals surface area contributed by atoms with Gasteiger partial charge in [0.2, 0.25) is 0 Å². The van der Waals surface area contributed by atoms with Crippen molar-refractivity contribution >= 4 is 0 Å². The number of aliphatic hydroxyl groups excluding tert-OH is 1. The molecule has 0 saturated carbocycles. The third-order valence-electron chi connectivity index (χ3n) is 2.64. The summed E-state index contributed by atoms with van der Waals surface area (Å²) in [5, 5.41) is 10.8. The number of hydroxylamine groups is 2. The number of hydrogen-bond donors (Lipinski definition) is 1. The van der Waals surface area contributed by atoms with Crippen LogP contribution in [0.15, 0.2) is 0 Å². The molecule has 4 heteroatoms. The Morgan fingerprint density at radius 2 is 2.23 bits per heavy atom. The Labute approximate surface area is 78.4 Å². The summed E-state index contributed by atoms with van der Waals surface area (Å²) in [6, 6.07) is 0. The second kappa shape index (κ2) is 4.37. The van der Waals surface area contributed by atoms with E-state index in [0.29, 0.717) is 0 Å². The van der Waals surface area contributed by atoms with Crippen molar-refractivity contribution in [2.45, 2.75) is 38.0 Å². The SMILES string of the molecule is OCC1CCN(C2CCCCO2)O1. The molecule has 2 saturated heterocycles. The lowest BCUT2D eigenvalue weighted by Crippen LogP contribution is -2.37. The fraction of sp³-hybridized carbons (Fsp3) is 1.00. The van der Waals surface area contributed by atoms with E-state index in [2.05, 4.69) is 0 Å². The summed E-state index contributed by atoms with van der Waals surface area (Å²) in [5.74, 6) is 0. The largest absolute Gasteiger partial charge is 0.394 e. The third kappa shape index (κ3) is 2.20. The normalized spacial score (nSPS) is 36.7. The van der Waals surface area contributed by atoms with Gasteiger partial charge in [0.25, 0.3) is 0 Å². The van der Waals surface area contributed by atoms with Gasteiger partial charge in [0.15, 0.2) is 0 Å². The minimum atomic E-state index is -0.00877. The van der Waals surface area contributed by atoms with Gasteiger partial charge in [-0.3, -0.25) is 4.84 Å². The molecule has 4 nitrogen and oxygen atoms in total. The number of rotatable bonds is 2. The summed E-state index contributed by atoms with van der Waals surface area (Å²) in [4.78, 5) is 5.51. The molecule has 0 aliphatic carbocycles. The molecule has 0 amide bonds. The highest BCUT2D eigenvalue weighted by Crippen LogP contribution is 2.22. The highest BCUT2D eigenvalue weighted by molar-refractivity contribution is 4.69. The molecule has 0 spiro atoms. The van der Waals surface area contributed by atoms with Gasteiger partial charge < -0.3 is 9.84 Å². The van der Waals surface area contributed by atoms with E-state index in [0.717, 1.165) is 32.4 Å². The van der Waals surface area contributed by atoms with Crippen LogP contribution in [-0.2, 0) is 9.57 Å². The molecule has 0 radical (unpaired) electrons. The van der Waals surface area contributed by atoms with Crippen LogP contribution >= 0.6 is 0 Å². The Balaban J connectivity index is 1.80. The minimum absolute atomic E-state index is 0.00877. The van der Waals surface area contributed by atoms with Crippen molar-refractivity contribution in [1.82, 2.24) is 5.06 Å². The van der Waals surface area contributed by atoms with Gasteiger partial charge in [-0.2, -0.15) is 5.06 Å². The van der Waals surface area contributed by atoms with E-state index in [4.69, 9.17) is 14.7 Å². The number of nitrogens with zero attached hydrogens (tertiary/aromatic N) is 1. The molecular weight excluding hydrogens is 170 g/mol. The van der Waals surface area contributed by atoms with Crippen molar-refractivity contribution < 1.29 is 14.7 Å². The van der Waals surface area contributed by atoms with Crippen molar-refractivity contribution in [2.75, 3.05) is 19.8 Å². The van der Waals surface area contributed by atoms with Gasteiger partial charge in [-0.1, -0.05) is 0 Å². The Hall–Kier alpha value is -0.160. The molecule has 2 aliphatic rings. The molecular formula is C9H17NO3. The van der Waals surface area contributed by atoms with E-state index >= 15 is 0 Å². The third-order valence-corrected chi connectivity index (χ3v) is 2.64. The Kier molecular flexibility index (Phi) is 3.16. The number of hydrogen-bond acceptors (Lipinski definition) is 4. The van der Waals surface area contributed by atoms with Gasteiger partial charge in [-0.25, -0.2) is 0 Å². The summed E-state index contributed by atoms with van der Waals surface area (Å²) in [7, 11) is 0. The van der Waals surface area contributed by atoms with E-state index in [1.807, 2.05) is 5.06 Å². The van der Waals surface area contributed by atoms with E-state index in [-0.39, 0.29) is 18.9 Å². The van der Waals surface area contributed by atoms with E-state index in [1.54, 1.807) is 0 Å². The molecule has 0 aromatic rings. The lowest BCUT2D eigenvalue weighted by molar-refractivity contribution is -0.252. The predicted octanol–water partition coefficient (Wildman–Crippen LogP) is 0.511. The van der Waals surface area contributed by atoms with Crippen LogP contribution in [0.3, 0.4) is 0 Å². The van der Waals surface area contributed by atoms with Gasteiger partial charge in [0.05, 0.1) is 6.61 Å². The topological polar surface area (TPSA) is 41.9 Å². The molecule has 1 N–H and O–H groups in total. The average molecular weight is 187 g/mol.